The lowest BCUT2D eigenvalue weighted by molar-refractivity contribution is 0.172. The summed E-state index contributed by atoms with van der Waals surface area (Å²) >= 11 is 0. The van der Waals surface area contributed by atoms with Crippen molar-refractivity contribution in [2.24, 2.45) is 0 Å². The van der Waals surface area contributed by atoms with E-state index in [2.05, 4.69) is 30.4 Å². The molecule has 2 rings (SSSR count). The fourth-order valence-corrected chi connectivity index (χ4v) is 2.43. The summed E-state index contributed by atoms with van der Waals surface area (Å²) in [5, 5.41) is 13.5. The van der Waals surface area contributed by atoms with Gasteiger partial charge in [0.2, 0.25) is 0 Å². The minimum absolute atomic E-state index is 0.363. The predicted octanol–water partition coefficient (Wildman–Crippen LogP) is 2.99. The summed E-state index contributed by atoms with van der Waals surface area (Å²) in [6, 6.07) is 8.37. The first-order valence-corrected chi connectivity index (χ1v) is 6.80. The smallest absolute Gasteiger partial charge is 0.0917 e. The van der Waals surface area contributed by atoms with Crippen LogP contribution in [0.4, 0.5) is 0 Å². The first-order valence-electron chi connectivity index (χ1n) is 6.80. The zero-order valence-electron chi connectivity index (χ0n) is 10.7. The summed E-state index contributed by atoms with van der Waals surface area (Å²) in [4.78, 5) is 0. The fourth-order valence-electron chi connectivity index (χ4n) is 2.43. The number of rotatable bonds is 6. The monoisotopic (exact) mass is 233 g/mol. The van der Waals surface area contributed by atoms with Crippen LogP contribution in [0, 0.1) is 0 Å². The van der Waals surface area contributed by atoms with Crippen LogP contribution < -0.4 is 5.32 Å². The van der Waals surface area contributed by atoms with Crippen LogP contribution in [-0.4, -0.2) is 18.2 Å². The Balaban J connectivity index is 2.02. The van der Waals surface area contributed by atoms with E-state index in [0.29, 0.717) is 12.5 Å². The minimum Gasteiger partial charge on any atom is -0.387 e. The first-order chi connectivity index (χ1) is 8.33. The van der Waals surface area contributed by atoms with Gasteiger partial charge in [-0.3, -0.25) is 0 Å². The van der Waals surface area contributed by atoms with Crippen molar-refractivity contribution in [1.29, 1.82) is 0 Å². The maximum atomic E-state index is 10.2. The van der Waals surface area contributed by atoms with E-state index in [1.165, 1.54) is 24.8 Å². The van der Waals surface area contributed by atoms with Crippen LogP contribution in [0.2, 0.25) is 0 Å². The van der Waals surface area contributed by atoms with Gasteiger partial charge < -0.3 is 10.4 Å². The van der Waals surface area contributed by atoms with Gasteiger partial charge in [0.25, 0.3) is 0 Å². The highest BCUT2D eigenvalue weighted by molar-refractivity contribution is 5.33. The van der Waals surface area contributed by atoms with Gasteiger partial charge in [0.05, 0.1) is 6.10 Å². The molecule has 2 N–H and O–H groups in total. The van der Waals surface area contributed by atoms with Crippen LogP contribution in [0.3, 0.4) is 0 Å². The van der Waals surface area contributed by atoms with E-state index in [0.717, 1.165) is 18.5 Å². The summed E-state index contributed by atoms with van der Waals surface area (Å²) in [5.74, 6) is 0.687. The Morgan fingerprint density at radius 1 is 1.35 bits per heavy atom. The summed E-state index contributed by atoms with van der Waals surface area (Å²) in [6.07, 6.45) is 4.65. The zero-order chi connectivity index (χ0) is 12.1. The van der Waals surface area contributed by atoms with Crippen molar-refractivity contribution in [1.82, 2.24) is 5.32 Å². The number of hydrogen-bond donors (Lipinski definition) is 2. The Morgan fingerprint density at radius 3 is 2.76 bits per heavy atom. The van der Waals surface area contributed by atoms with E-state index in [-0.39, 0.29) is 6.10 Å². The van der Waals surface area contributed by atoms with E-state index in [1.807, 2.05) is 6.07 Å². The SMILES string of the molecule is CCCNCC(O)c1ccccc1C1CCC1. The van der Waals surface area contributed by atoms with Crippen LogP contribution in [0.5, 0.6) is 0 Å². The minimum atomic E-state index is -0.363. The second-order valence-electron chi connectivity index (χ2n) is 4.98. The van der Waals surface area contributed by atoms with Gasteiger partial charge in [-0.1, -0.05) is 37.6 Å². The standard InChI is InChI=1S/C15H23NO/c1-2-10-16-11-15(17)14-9-4-3-8-13(14)12-6-5-7-12/h3-4,8-9,12,15-17H,2,5-7,10-11H2,1H3. The van der Waals surface area contributed by atoms with Crippen LogP contribution in [0.15, 0.2) is 24.3 Å². The lowest BCUT2D eigenvalue weighted by Gasteiger charge is -2.29. The Hall–Kier alpha value is -0.860. The van der Waals surface area contributed by atoms with E-state index in [1.54, 1.807) is 0 Å². The first kappa shape index (κ1) is 12.6. The van der Waals surface area contributed by atoms with E-state index < -0.39 is 0 Å². The number of aliphatic hydroxyl groups is 1. The molecule has 1 saturated carbocycles. The molecule has 1 aromatic carbocycles. The molecule has 1 unspecified atom stereocenters. The maximum Gasteiger partial charge on any atom is 0.0917 e. The zero-order valence-corrected chi connectivity index (χ0v) is 10.7. The third kappa shape index (κ3) is 3.08. The average molecular weight is 233 g/mol. The molecular weight excluding hydrogens is 210 g/mol. The molecule has 2 heteroatoms. The third-order valence-corrected chi connectivity index (χ3v) is 3.66. The Kier molecular flexibility index (Phi) is 4.57. The quantitative estimate of drug-likeness (QED) is 0.740. The maximum absolute atomic E-state index is 10.2. The van der Waals surface area contributed by atoms with Gasteiger partial charge in [0, 0.05) is 6.54 Å². The Labute approximate surface area is 104 Å². The molecule has 0 bridgehead atoms. The molecule has 0 radical (unpaired) electrons. The largest absolute Gasteiger partial charge is 0.387 e. The Morgan fingerprint density at radius 2 is 2.12 bits per heavy atom. The molecular formula is C15H23NO. The number of hydrogen-bond acceptors (Lipinski definition) is 2. The van der Waals surface area contributed by atoms with Gasteiger partial charge in [-0.05, 0) is 42.9 Å². The van der Waals surface area contributed by atoms with Gasteiger partial charge in [-0.2, -0.15) is 0 Å². The van der Waals surface area contributed by atoms with Crippen molar-refractivity contribution in [3.05, 3.63) is 35.4 Å². The molecule has 0 spiro atoms. The van der Waals surface area contributed by atoms with Crippen molar-refractivity contribution in [3.8, 4) is 0 Å². The van der Waals surface area contributed by atoms with Crippen LogP contribution in [0.25, 0.3) is 0 Å². The highest BCUT2D eigenvalue weighted by atomic mass is 16.3. The molecule has 0 aromatic heterocycles. The molecule has 1 atom stereocenters. The van der Waals surface area contributed by atoms with E-state index in [9.17, 15) is 5.11 Å². The molecule has 0 saturated heterocycles. The molecule has 17 heavy (non-hydrogen) atoms. The lowest BCUT2D eigenvalue weighted by atomic mass is 9.77. The highest BCUT2D eigenvalue weighted by Gasteiger charge is 2.23. The normalized spacial score (nSPS) is 17.8. The van der Waals surface area contributed by atoms with Crippen molar-refractivity contribution in [3.63, 3.8) is 0 Å². The number of aliphatic hydroxyl groups excluding tert-OH is 1. The molecule has 1 aromatic rings. The highest BCUT2D eigenvalue weighted by Crippen LogP contribution is 2.39. The van der Waals surface area contributed by atoms with Crippen LogP contribution in [-0.2, 0) is 0 Å². The lowest BCUT2D eigenvalue weighted by Crippen LogP contribution is -2.23. The van der Waals surface area contributed by atoms with Gasteiger partial charge in [-0.25, -0.2) is 0 Å². The molecule has 1 aliphatic carbocycles. The van der Waals surface area contributed by atoms with Crippen molar-refractivity contribution in [2.45, 2.75) is 44.6 Å². The van der Waals surface area contributed by atoms with Crippen molar-refractivity contribution in [2.75, 3.05) is 13.1 Å². The summed E-state index contributed by atoms with van der Waals surface area (Å²) in [5.41, 5.74) is 2.49. The Bertz CT molecular complexity index is 347. The molecule has 0 heterocycles. The predicted molar refractivity (Wildman–Crippen MR) is 71.2 cm³/mol. The second kappa shape index (κ2) is 6.18. The van der Waals surface area contributed by atoms with Gasteiger partial charge in [-0.15, -0.1) is 0 Å². The third-order valence-electron chi connectivity index (χ3n) is 3.66. The fraction of sp³-hybridized carbons (Fsp3) is 0.600. The number of nitrogens with one attached hydrogen (secondary N) is 1. The molecule has 94 valence electrons. The molecule has 0 amide bonds. The number of benzene rings is 1. The van der Waals surface area contributed by atoms with Gasteiger partial charge in [0.15, 0.2) is 0 Å². The molecule has 0 aliphatic heterocycles. The summed E-state index contributed by atoms with van der Waals surface area (Å²) in [6.45, 7) is 3.78. The molecule has 1 fully saturated rings. The van der Waals surface area contributed by atoms with E-state index >= 15 is 0 Å². The topological polar surface area (TPSA) is 32.3 Å². The second-order valence-corrected chi connectivity index (χ2v) is 4.98. The van der Waals surface area contributed by atoms with Crippen molar-refractivity contribution >= 4 is 0 Å². The molecule has 1 aliphatic rings. The van der Waals surface area contributed by atoms with Crippen LogP contribution in [0.1, 0.15) is 55.8 Å². The van der Waals surface area contributed by atoms with Crippen molar-refractivity contribution < 1.29 is 5.11 Å². The summed E-state index contributed by atoms with van der Waals surface area (Å²) in [7, 11) is 0. The van der Waals surface area contributed by atoms with Gasteiger partial charge >= 0.3 is 0 Å². The van der Waals surface area contributed by atoms with Crippen LogP contribution >= 0.6 is 0 Å². The molecule has 2 nitrogen and oxygen atoms in total. The van der Waals surface area contributed by atoms with E-state index in [4.69, 9.17) is 0 Å². The van der Waals surface area contributed by atoms with Gasteiger partial charge in [0.1, 0.15) is 0 Å². The summed E-state index contributed by atoms with van der Waals surface area (Å²) < 4.78 is 0. The average Bonchev–Trinajstić information content (AvgIpc) is 2.28.